The van der Waals surface area contributed by atoms with E-state index in [4.69, 9.17) is 9.47 Å². The van der Waals surface area contributed by atoms with Gasteiger partial charge in [0.2, 0.25) is 0 Å². The number of ether oxygens (including phenoxy) is 2. The van der Waals surface area contributed by atoms with Crippen LogP contribution in [0.4, 0.5) is 0 Å². The largest absolute Gasteiger partial charge is 0.493 e. The van der Waals surface area contributed by atoms with Gasteiger partial charge in [0.05, 0.1) is 25.4 Å². The lowest BCUT2D eigenvalue weighted by Gasteiger charge is -2.10. The topological polar surface area (TPSA) is 106 Å². The van der Waals surface area contributed by atoms with Crippen molar-refractivity contribution in [1.29, 1.82) is 0 Å². The predicted molar refractivity (Wildman–Crippen MR) is 127 cm³/mol. The third kappa shape index (κ3) is 7.01. The molecule has 33 heavy (non-hydrogen) atoms. The Balaban J connectivity index is 1.54. The van der Waals surface area contributed by atoms with Crippen LogP contribution in [0.25, 0.3) is 0 Å². The highest BCUT2D eigenvalue weighted by Crippen LogP contribution is 2.28. The van der Waals surface area contributed by atoms with Crippen molar-refractivity contribution in [2.75, 3.05) is 13.7 Å². The lowest BCUT2D eigenvalue weighted by atomic mass is 10.2. The van der Waals surface area contributed by atoms with Crippen LogP contribution in [0, 0.1) is 0 Å². The number of nitrogens with one attached hydrogen (secondary N) is 2. The van der Waals surface area contributed by atoms with Crippen molar-refractivity contribution in [2.45, 2.75) is 0 Å². The van der Waals surface area contributed by atoms with Crippen molar-refractivity contribution in [1.82, 2.24) is 10.7 Å². The number of esters is 1. The van der Waals surface area contributed by atoms with E-state index in [2.05, 4.69) is 31.8 Å². The first-order valence-electron chi connectivity index (χ1n) is 9.77. The second-order valence-electron chi connectivity index (χ2n) is 6.65. The highest BCUT2D eigenvalue weighted by molar-refractivity contribution is 9.10. The number of halogens is 1. The van der Waals surface area contributed by atoms with Crippen molar-refractivity contribution in [2.24, 2.45) is 5.10 Å². The van der Waals surface area contributed by atoms with E-state index in [1.165, 1.54) is 13.3 Å². The van der Waals surface area contributed by atoms with Gasteiger partial charge in [-0.15, -0.1) is 0 Å². The molecule has 2 amide bonds. The molecule has 0 aliphatic heterocycles. The van der Waals surface area contributed by atoms with Gasteiger partial charge in [-0.3, -0.25) is 9.59 Å². The van der Waals surface area contributed by atoms with Gasteiger partial charge < -0.3 is 14.8 Å². The molecule has 8 nitrogen and oxygen atoms in total. The lowest BCUT2D eigenvalue weighted by molar-refractivity contribution is -0.120. The maximum absolute atomic E-state index is 12.3. The Labute approximate surface area is 198 Å². The fourth-order valence-corrected chi connectivity index (χ4v) is 2.93. The van der Waals surface area contributed by atoms with Crippen molar-refractivity contribution in [3.05, 3.63) is 94.0 Å². The van der Waals surface area contributed by atoms with E-state index in [9.17, 15) is 14.4 Å². The first-order chi connectivity index (χ1) is 16.0. The first-order valence-corrected chi connectivity index (χ1v) is 10.6. The van der Waals surface area contributed by atoms with E-state index in [1.54, 1.807) is 72.8 Å². The highest BCUT2D eigenvalue weighted by atomic mass is 79.9. The van der Waals surface area contributed by atoms with Crippen LogP contribution in [0.1, 0.15) is 26.3 Å². The number of rotatable bonds is 8. The van der Waals surface area contributed by atoms with Gasteiger partial charge in [0.15, 0.2) is 11.5 Å². The SMILES string of the molecule is COc1cc(C=NNC(=O)CNC(=O)c2ccccc2)ccc1OC(=O)c1ccc(Br)cc1. The second-order valence-corrected chi connectivity index (χ2v) is 7.56. The minimum Gasteiger partial charge on any atom is -0.493 e. The summed E-state index contributed by atoms with van der Waals surface area (Å²) in [7, 11) is 1.45. The number of hydrazone groups is 1. The summed E-state index contributed by atoms with van der Waals surface area (Å²) >= 11 is 3.32. The van der Waals surface area contributed by atoms with Crippen molar-refractivity contribution in [3.63, 3.8) is 0 Å². The van der Waals surface area contributed by atoms with Crippen LogP contribution in [-0.4, -0.2) is 37.7 Å². The van der Waals surface area contributed by atoms with Gasteiger partial charge in [-0.25, -0.2) is 10.2 Å². The minimum absolute atomic E-state index is 0.223. The summed E-state index contributed by atoms with van der Waals surface area (Å²) in [6.07, 6.45) is 1.40. The Morgan fingerprint density at radius 3 is 2.36 bits per heavy atom. The number of carbonyl (C=O) groups is 3. The molecule has 0 spiro atoms. The Kier molecular flexibility index (Phi) is 8.31. The van der Waals surface area contributed by atoms with E-state index in [0.717, 1.165) is 4.47 Å². The molecule has 0 saturated heterocycles. The van der Waals surface area contributed by atoms with E-state index in [1.807, 2.05) is 0 Å². The molecule has 2 N–H and O–H groups in total. The molecule has 0 unspecified atom stereocenters. The van der Waals surface area contributed by atoms with Crippen LogP contribution in [0.2, 0.25) is 0 Å². The molecule has 0 atom stereocenters. The Morgan fingerprint density at radius 1 is 0.939 bits per heavy atom. The zero-order valence-electron chi connectivity index (χ0n) is 17.6. The molecule has 3 aromatic rings. The van der Waals surface area contributed by atoms with E-state index < -0.39 is 11.9 Å². The zero-order chi connectivity index (χ0) is 23.6. The normalized spacial score (nSPS) is 10.5. The highest BCUT2D eigenvalue weighted by Gasteiger charge is 2.13. The van der Waals surface area contributed by atoms with E-state index in [-0.39, 0.29) is 18.2 Å². The number of nitrogens with zero attached hydrogens (tertiary/aromatic N) is 1. The fourth-order valence-electron chi connectivity index (χ4n) is 2.66. The maximum Gasteiger partial charge on any atom is 0.343 e. The molecular weight excluding hydrogens is 490 g/mol. The molecule has 0 aromatic heterocycles. The molecule has 3 rings (SSSR count). The second kappa shape index (κ2) is 11.6. The third-order valence-electron chi connectivity index (χ3n) is 4.32. The number of amides is 2. The summed E-state index contributed by atoms with van der Waals surface area (Å²) in [5, 5.41) is 6.38. The Hall–Kier alpha value is -3.98. The number of methoxy groups -OCH3 is 1. The summed E-state index contributed by atoms with van der Waals surface area (Å²) in [6, 6.07) is 20.2. The van der Waals surface area contributed by atoms with Crippen molar-refractivity contribution < 1.29 is 23.9 Å². The number of hydrogen-bond donors (Lipinski definition) is 2. The first kappa shape index (κ1) is 23.7. The van der Waals surface area contributed by atoms with Gasteiger partial charge in [-0.1, -0.05) is 34.1 Å². The van der Waals surface area contributed by atoms with Gasteiger partial charge in [0.25, 0.3) is 11.8 Å². The molecular formula is C24H20BrN3O5. The van der Waals surface area contributed by atoms with Crippen LogP contribution in [0.15, 0.2) is 82.4 Å². The number of hydrogen-bond acceptors (Lipinski definition) is 6. The van der Waals surface area contributed by atoms with Crippen molar-refractivity contribution in [3.8, 4) is 11.5 Å². The molecule has 168 valence electrons. The average Bonchev–Trinajstić information content (AvgIpc) is 2.84. The molecule has 0 radical (unpaired) electrons. The Morgan fingerprint density at radius 2 is 1.67 bits per heavy atom. The lowest BCUT2D eigenvalue weighted by Crippen LogP contribution is -2.34. The number of carbonyl (C=O) groups excluding carboxylic acids is 3. The molecule has 0 saturated carbocycles. The van der Waals surface area contributed by atoms with Crippen LogP contribution in [0.3, 0.4) is 0 Å². The third-order valence-corrected chi connectivity index (χ3v) is 4.85. The van der Waals surface area contributed by atoms with Gasteiger partial charge in [0, 0.05) is 10.0 Å². The fraction of sp³-hybridized carbons (Fsp3) is 0.0833. The maximum atomic E-state index is 12.3. The van der Waals surface area contributed by atoms with Crippen LogP contribution in [0.5, 0.6) is 11.5 Å². The summed E-state index contributed by atoms with van der Waals surface area (Å²) in [5.41, 5.74) is 3.79. The Bertz CT molecular complexity index is 1160. The van der Waals surface area contributed by atoms with Crippen LogP contribution in [-0.2, 0) is 4.79 Å². The molecule has 0 bridgehead atoms. The van der Waals surface area contributed by atoms with Gasteiger partial charge in [0.1, 0.15) is 0 Å². The quantitative estimate of drug-likeness (QED) is 0.209. The van der Waals surface area contributed by atoms with Gasteiger partial charge in [-0.2, -0.15) is 5.10 Å². The number of benzene rings is 3. The summed E-state index contributed by atoms with van der Waals surface area (Å²) in [4.78, 5) is 36.2. The smallest absolute Gasteiger partial charge is 0.343 e. The summed E-state index contributed by atoms with van der Waals surface area (Å²) < 4.78 is 11.6. The molecule has 9 heteroatoms. The van der Waals surface area contributed by atoms with Gasteiger partial charge >= 0.3 is 5.97 Å². The van der Waals surface area contributed by atoms with Crippen LogP contribution < -0.4 is 20.2 Å². The molecule has 3 aromatic carbocycles. The average molecular weight is 510 g/mol. The zero-order valence-corrected chi connectivity index (χ0v) is 19.2. The minimum atomic E-state index is -0.521. The molecule has 0 fully saturated rings. The monoisotopic (exact) mass is 509 g/mol. The van der Waals surface area contributed by atoms with E-state index >= 15 is 0 Å². The molecule has 0 heterocycles. The molecule has 0 aliphatic carbocycles. The van der Waals surface area contributed by atoms with Crippen molar-refractivity contribution >= 4 is 39.9 Å². The van der Waals surface area contributed by atoms with E-state index in [0.29, 0.717) is 22.4 Å². The molecule has 0 aliphatic rings. The van der Waals surface area contributed by atoms with Gasteiger partial charge in [-0.05, 0) is 60.2 Å². The summed E-state index contributed by atoms with van der Waals surface area (Å²) in [6.45, 7) is -0.223. The predicted octanol–water partition coefficient (Wildman–Crippen LogP) is 3.56. The van der Waals surface area contributed by atoms with Crippen LogP contribution >= 0.6 is 15.9 Å². The summed E-state index contributed by atoms with van der Waals surface area (Å²) in [5.74, 6) is -0.789. The standard InChI is InChI=1S/C24H20BrN3O5/c1-32-21-13-16(7-12-20(21)33-24(31)18-8-10-19(25)11-9-18)14-27-28-22(29)15-26-23(30)17-5-3-2-4-6-17/h2-14H,15H2,1H3,(H,26,30)(H,28,29).